The van der Waals surface area contributed by atoms with Crippen molar-refractivity contribution >= 4 is 5.97 Å². The first kappa shape index (κ1) is 29.4. The Morgan fingerprint density at radius 3 is 2.32 bits per heavy atom. The average molecular weight is 562 g/mol. The van der Waals surface area contributed by atoms with Crippen LogP contribution in [0.2, 0.25) is 0 Å². The van der Waals surface area contributed by atoms with Crippen LogP contribution in [0.25, 0.3) is 0 Å². The Bertz CT molecular complexity index is 1220. The molecule has 0 bridgehead atoms. The third-order valence-corrected chi connectivity index (χ3v) is 14.6. The van der Waals surface area contributed by atoms with E-state index in [1.807, 2.05) is 30.3 Å². The summed E-state index contributed by atoms with van der Waals surface area (Å²) in [4.78, 5) is 13.7. The van der Waals surface area contributed by atoms with Crippen LogP contribution < -0.4 is 5.73 Å². The van der Waals surface area contributed by atoms with E-state index in [1.54, 1.807) is 0 Å². The van der Waals surface area contributed by atoms with Crippen molar-refractivity contribution in [1.82, 2.24) is 0 Å². The highest BCUT2D eigenvalue weighted by Gasteiger charge is 2.69. The standard InChI is InChI=1S/C37H55NO3/c1-32(2)28-13-16-37(7)30(35(28,5)15-14-29(32)38)27(39)21-25-26-22-34(4,18-17-33(26,3)19-20-36(25,37)6)31(40)41-23-24-11-9-8-10-12-24/h8-12,21,26-30,39H,13-20,22-23,38H2,1-7H3/t26-,27?,28-,29-,30+,33+,34-,35-,36+,37+/m0/s1. The summed E-state index contributed by atoms with van der Waals surface area (Å²) < 4.78 is 5.95. The van der Waals surface area contributed by atoms with Gasteiger partial charge in [-0.3, -0.25) is 4.79 Å². The van der Waals surface area contributed by atoms with Crippen molar-refractivity contribution in [3.05, 3.63) is 47.5 Å². The number of hydrogen-bond donors (Lipinski definition) is 2. The highest BCUT2D eigenvalue weighted by molar-refractivity contribution is 5.76. The number of allylic oxidation sites excluding steroid dienone is 1. The highest BCUT2D eigenvalue weighted by Crippen LogP contribution is 2.75. The molecule has 1 aromatic carbocycles. The fourth-order valence-electron chi connectivity index (χ4n) is 11.6. The fourth-order valence-corrected chi connectivity index (χ4v) is 11.6. The van der Waals surface area contributed by atoms with E-state index in [1.165, 1.54) is 24.8 Å². The number of ether oxygens (including phenoxy) is 1. The van der Waals surface area contributed by atoms with Crippen LogP contribution in [0.15, 0.2) is 42.0 Å². The number of nitrogens with two attached hydrogens (primary N) is 1. The second kappa shape index (κ2) is 9.42. The van der Waals surface area contributed by atoms with E-state index in [4.69, 9.17) is 10.5 Å². The zero-order valence-corrected chi connectivity index (χ0v) is 26.8. The van der Waals surface area contributed by atoms with Gasteiger partial charge in [-0.2, -0.15) is 0 Å². The first-order valence-electron chi connectivity index (χ1n) is 16.5. The van der Waals surface area contributed by atoms with Crippen molar-refractivity contribution in [2.24, 2.45) is 56.0 Å². The van der Waals surface area contributed by atoms with E-state index < -0.39 is 11.5 Å². The van der Waals surface area contributed by atoms with Crippen LogP contribution in [-0.2, 0) is 16.1 Å². The molecule has 0 radical (unpaired) electrons. The summed E-state index contributed by atoms with van der Waals surface area (Å²) in [6.07, 6.45) is 11.4. The Morgan fingerprint density at radius 2 is 1.61 bits per heavy atom. The van der Waals surface area contributed by atoms with Gasteiger partial charge < -0.3 is 15.6 Å². The lowest BCUT2D eigenvalue weighted by Crippen LogP contribution is -2.68. The normalized spacial score (nSPS) is 48.5. The first-order chi connectivity index (χ1) is 19.1. The molecule has 4 fully saturated rings. The van der Waals surface area contributed by atoms with Gasteiger partial charge in [0, 0.05) is 12.0 Å². The molecule has 0 aromatic heterocycles. The summed E-state index contributed by atoms with van der Waals surface area (Å²) in [7, 11) is 0. The number of benzene rings is 1. The zero-order chi connectivity index (χ0) is 29.6. The van der Waals surface area contributed by atoms with Gasteiger partial charge in [0.2, 0.25) is 0 Å². The number of hydrogen-bond acceptors (Lipinski definition) is 4. The van der Waals surface area contributed by atoms with Gasteiger partial charge in [-0.15, -0.1) is 0 Å². The van der Waals surface area contributed by atoms with Crippen LogP contribution in [0.3, 0.4) is 0 Å². The molecule has 1 unspecified atom stereocenters. The third-order valence-electron chi connectivity index (χ3n) is 14.6. The lowest BCUT2D eigenvalue weighted by Gasteiger charge is -2.72. The van der Waals surface area contributed by atoms with E-state index in [-0.39, 0.29) is 45.0 Å². The number of esters is 1. The van der Waals surface area contributed by atoms with E-state index in [0.29, 0.717) is 18.4 Å². The SMILES string of the molecule is CC1(C)[C@@H](N)CC[C@]2(C)[C@H]3C(O)C=C4[C@@H]5C[C@@](C)(C(=O)OCc6ccccc6)CC[C@]5(C)CC[C@@]4(C)[C@]3(C)CC[C@@H]12. The number of carbonyl (C=O) groups is 1. The Hall–Kier alpha value is -1.65. The number of carbonyl (C=O) groups excluding carboxylic acids is 1. The van der Waals surface area contributed by atoms with Crippen LogP contribution in [0.5, 0.6) is 0 Å². The van der Waals surface area contributed by atoms with E-state index in [0.717, 1.165) is 44.1 Å². The minimum atomic E-state index is -0.506. The molecule has 0 spiro atoms. The molecule has 226 valence electrons. The highest BCUT2D eigenvalue weighted by atomic mass is 16.5. The molecule has 5 aliphatic carbocycles. The van der Waals surface area contributed by atoms with Crippen molar-refractivity contribution in [2.45, 2.75) is 125 Å². The third kappa shape index (κ3) is 4.09. The van der Waals surface area contributed by atoms with E-state index in [2.05, 4.69) is 54.5 Å². The van der Waals surface area contributed by atoms with Gasteiger partial charge in [-0.25, -0.2) is 0 Å². The molecule has 6 rings (SSSR count). The smallest absolute Gasteiger partial charge is 0.312 e. The molecular formula is C37H55NO3. The minimum Gasteiger partial charge on any atom is -0.460 e. The summed E-state index contributed by atoms with van der Waals surface area (Å²) in [6.45, 7) is 17.2. The maximum Gasteiger partial charge on any atom is 0.312 e. The Morgan fingerprint density at radius 1 is 0.927 bits per heavy atom. The fraction of sp³-hybridized carbons (Fsp3) is 0.757. The van der Waals surface area contributed by atoms with Gasteiger partial charge in [-0.1, -0.05) is 83.5 Å². The first-order valence-corrected chi connectivity index (χ1v) is 16.5. The van der Waals surface area contributed by atoms with Gasteiger partial charge in [0.25, 0.3) is 0 Å². The maximum absolute atomic E-state index is 13.7. The Kier molecular flexibility index (Phi) is 6.76. The van der Waals surface area contributed by atoms with Crippen molar-refractivity contribution in [3.8, 4) is 0 Å². The van der Waals surface area contributed by atoms with Gasteiger partial charge >= 0.3 is 5.97 Å². The molecule has 5 aliphatic rings. The molecule has 0 heterocycles. The molecule has 0 amide bonds. The van der Waals surface area contributed by atoms with Gasteiger partial charge in [-0.05, 0) is 109 Å². The quantitative estimate of drug-likeness (QED) is 0.291. The Balaban J connectivity index is 1.33. The summed E-state index contributed by atoms with van der Waals surface area (Å²) >= 11 is 0. The minimum absolute atomic E-state index is 0.0161. The van der Waals surface area contributed by atoms with E-state index in [9.17, 15) is 9.90 Å². The van der Waals surface area contributed by atoms with Gasteiger partial charge in [0.1, 0.15) is 6.61 Å². The molecule has 1 aromatic rings. The second-order valence-electron chi connectivity index (χ2n) is 16.9. The molecule has 3 N–H and O–H groups in total. The lowest BCUT2D eigenvalue weighted by molar-refractivity contribution is -0.210. The number of rotatable bonds is 3. The summed E-state index contributed by atoms with van der Waals surface area (Å²) in [5, 5.41) is 12.2. The topological polar surface area (TPSA) is 72.5 Å². The van der Waals surface area contributed by atoms with Crippen molar-refractivity contribution in [3.63, 3.8) is 0 Å². The van der Waals surface area contributed by atoms with Crippen molar-refractivity contribution in [2.75, 3.05) is 0 Å². The molecule has 4 nitrogen and oxygen atoms in total. The van der Waals surface area contributed by atoms with Gasteiger partial charge in [0.15, 0.2) is 0 Å². The molecule has 41 heavy (non-hydrogen) atoms. The molecule has 0 aliphatic heterocycles. The molecule has 4 heteroatoms. The predicted molar refractivity (Wildman–Crippen MR) is 165 cm³/mol. The second-order valence-corrected chi connectivity index (χ2v) is 16.9. The summed E-state index contributed by atoms with van der Waals surface area (Å²) in [6, 6.07) is 10.2. The van der Waals surface area contributed by atoms with Gasteiger partial charge in [0.05, 0.1) is 11.5 Å². The van der Waals surface area contributed by atoms with Crippen LogP contribution >= 0.6 is 0 Å². The van der Waals surface area contributed by atoms with Crippen molar-refractivity contribution < 1.29 is 14.6 Å². The van der Waals surface area contributed by atoms with Crippen molar-refractivity contribution in [1.29, 1.82) is 0 Å². The Labute approximate surface area is 248 Å². The largest absolute Gasteiger partial charge is 0.460 e. The summed E-state index contributed by atoms with van der Waals surface area (Å²) in [5.74, 6) is 0.977. The van der Waals surface area contributed by atoms with Crippen LogP contribution in [-0.4, -0.2) is 23.2 Å². The molecule has 4 saturated carbocycles. The number of aliphatic hydroxyl groups excluding tert-OH is 1. The summed E-state index contributed by atoms with van der Waals surface area (Å²) in [5.41, 5.74) is 9.05. The van der Waals surface area contributed by atoms with Crippen LogP contribution in [0, 0.1) is 50.2 Å². The molecule has 10 atom stereocenters. The molecular weight excluding hydrogens is 506 g/mol. The molecule has 0 saturated heterocycles. The zero-order valence-electron chi connectivity index (χ0n) is 26.8. The number of aliphatic hydroxyl groups is 1. The van der Waals surface area contributed by atoms with Crippen LogP contribution in [0.1, 0.15) is 112 Å². The van der Waals surface area contributed by atoms with Crippen LogP contribution in [0.4, 0.5) is 0 Å². The van der Waals surface area contributed by atoms with E-state index >= 15 is 0 Å². The monoisotopic (exact) mass is 561 g/mol. The average Bonchev–Trinajstić information content (AvgIpc) is 2.92. The maximum atomic E-state index is 13.7. The predicted octanol–water partition coefficient (Wildman–Crippen LogP) is 7.83. The number of fused-ring (bicyclic) bond motifs is 7. The lowest BCUT2D eigenvalue weighted by atomic mass is 9.33.